The van der Waals surface area contributed by atoms with Gasteiger partial charge in [-0.3, -0.25) is 4.90 Å². The highest BCUT2D eigenvalue weighted by Crippen LogP contribution is 2.40. The van der Waals surface area contributed by atoms with Crippen LogP contribution in [0.1, 0.15) is 27.6 Å². The first-order valence-electron chi connectivity index (χ1n) is 12.1. The molecule has 0 bridgehead atoms. The summed E-state index contributed by atoms with van der Waals surface area (Å²) in [6.07, 6.45) is 1.95. The van der Waals surface area contributed by atoms with Crippen molar-refractivity contribution in [3.8, 4) is 28.7 Å². The molecule has 2 heterocycles. The molecule has 194 valence electrons. The third kappa shape index (κ3) is 5.56. The minimum Gasteiger partial charge on any atom is -0.493 e. The lowest BCUT2D eigenvalue weighted by Gasteiger charge is -2.36. The van der Waals surface area contributed by atoms with E-state index in [0.29, 0.717) is 17.2 Å². The van der Waals surface area contributed by atoms with Crippen LogP contribution < -0.4 is 29.0 Å². The van der Waals surface area contributed by atoms with E-state index in [2.05, 4.69) is 33.8 Å². The third-order valence-corrected chi connectivity index (χ3v) is 7.68. The van der Waals surface area contributed by atoms with E-state index in [1.54, 1.807) is 35.5 Å². The number of nitrogens with zero attached hydrogens (tertiary/aromatic N) is 1. The van der Waals surface area contributed by atoms with Crippen LogP contribution in [0, 0.1) is 0 Å². The van der Waals surface area contributed by atoms with E-state index >= 15 is 0 Å². The van der Waals surface area contributed by atoms with Gasteiger partial charge in [0.1, 0.15) is 0 Å². The Labute approximate surface area is 217 Å². The fraction of sp³-hybridized carbons (Fsp3) is 0.429. The number of ether oxygens (including phenoxy) is 5. The van der Waals surface area contributed by atoms with E-state index in [1.165, 1.54) is 16.0 Å². The molecule has 1 aromatic heterocycles. The minimum atomic E-state index is 0.205. The quantitative estimate of drug-likeness (QED) is 0.357. The highest BCUT2D eigenvalue weighted by atomic mass is 32.1. The first kappa shape index (κ1) is 26.1. The second-order valence-electron chi connectivity index (χ2n) is 8.64. The lowest BCUT2D eigenvalue weighted by atomic mass is 9.93. The Kier molecular flexibility index (Phi) is 8.96. The van der Waals surface area contributed by atoms with Crippen molar-refractivity contribution < 1.29 is 23.7 Å². The molecule has 1 unspecified atom stereocenters. The van der Waals surface area contributed by atoms with Gasteiger partial charge in [0.05, 0.1) is 41.6 Å². The van der Waals surface area contributed by atoms with Crippen LogP contribution >= 0.6 is 11.3 Å². The maximum Gasteiger partial charge on any atom is 0.203 e. The second kappa shape index (κ2) is 12.3. The zero-order valence-corrected chi connectivity index (χ0v) is 22.6. The molecule has 7 nitrogen and oxygen atoms in total. The predicted octanol–water partition coefficient (Wildman–Crippen LogP) is 4.57. The Bertz CT molecular complexity index is 1120. The summed E-state index contributed by atoms with van der Waals surface area (Å²) in [7, 11) is 8.27. The van der Waals surface area contributed by atoms with Gasteiger partial charge in [-0.2, -0.15) is 0 Å². The zero-order chi connectivity index (χ0) is 25.5. The monoisotopic (exact) mass is 512 g/mol. The van der Waals surface area contributed by atoms with Crippen LogP contribution in [0.5, 0.6) is 28.7 Å². The number of methoxy groups -OCH3 is 5. The maximum absolute atomic E-state index is 5.60. The molecule has 1 aliphatic rings. The van der Waals surface area contributed by atoms with Crippen LogP contribution in [-0.2, 0) is 12.8 Å². The first-order valence-corrected chi connectivity index (χ1v) is 13.0. The largest absolute Gasteiger partial charge is 0.493 e. The Balaban J connectivity index is 1.40. The zero-order valence-electron chi connectivity index (χ0n) is 21.8. The molecular formula is C28H36N2O5S. The normalized spacial score (nSPS) is 15.3. The highest BCUT2D eigenvalue weighted by molar-refractivity contribution is 7.10. The van der Waals surface area contributed by atoms with Gasteiger partial charge in [0.15, 0.2) is 23.0 Å². The average Bonchev–Trinajstić information content (AvgIpc) is 3.40. The van der Waals surface area contributed by atoms with Crippen molar-refractivity contribution in [3.63, 3.8) is 0 Å². The maximum atomic E-state index is 5.60. The molecule has 2 aromatic carbocycles. The van der Waals surface area contributed by atoms with Crippen LogP contribution in [-0.4, -0.2) is 66.6 Å². The molecule has 1 atom stereocenters. The van der Waals surface area contributed by atoms with Crippen molar-refractivity contribution in [2.24, 2.45) is 0 Å². The van der Waals surface area contributed by atoms with Gasteiger partial charge >= 0.3 is 0 Å². The molecular weight excluding hydrogens is 476 g/mol. The molecule has 1 aliphatic heterocycles. The SMILES string of the molecule is COc1ccc(C2c3ccsc3CCN2CCNCCc2cc(OC)c(OC)c(OC)c2)cc1OC. The molecule has 8 heteroatoms. The molecule has 3 aromatic rings. The van der Waals surface area contributed by atoms with E-state index < -0.39 is 0 Å². The van der Waals surface area contributed by atoms with Crippen molar-refractivity contribution in [2.45, 2.75) is 18.9 Å². The van der Waals surface area contributed by atoms with E-state index in [9.17, 15) is 0 Å². The number of fused-ring (bicyclic) bond motifs is 1. The van der Waals surface area contributed by atoms with Gasteiger partial charge in [0.2, 0.25) is 5.75 Å². The van der Waals surface area contributed by atoms with Crippen LogP contribution in [0.4, 0.5) is 0 Å². The van der Waals surface area contributed by atoms with Gasteiger partial charge in [-0.15, -0.1) is 11.3 Å². The molecule has 0 saturated heterocycles. The molecule has 0 spiro atoms. The van der Waals surface area contributed by atoms with Crippen LogP contribution in [0.2, 0.25) is 0 Å². The first-order chi connectivity index (χ1) is 17.6. The van der Waals surface area contributed by atoms with Crippen LogP contribution in [0.3, 0.4) is 0 Å². The summed E-state index contributed by atoms with van der Waals surface area (Å²) < 4.78 is 27.5. The summed E-state index contributed by atoms with van der Waals surface area (Å²) in [5.74, 6) is 3.51. The van der Waals surface area contributed by atoms with E-state index in [-0.39, 0.29) is 6.04 Å². The van der Waals surface area contributed by atoms with Gasteiger partial charge in [-0.05, 0) is 71.8 Å². The van der Waals surface area contributed by atoms with Crippen LogP contribution in [0.15, 0.2) is 41.8 Å². The molecule has 0 saturated carbocycles. The van der Waals surface area contributed by atoms with Gasteiger partial charge in [-0.1, -0.05) is 6.07 Å². The lowest BCUT2D eigenvalue weighted by Crippen LogP contribution is -2.40. The summed E-state index contributed by atoms with van der Waals surface area (Å²) in [5.41, 5.74) is 3.77. The van der Waals surface area contributed by atoms with Crippen molar-refractivity contribution in [1.29, 1.82) is 0 Å². The van der Waals surface area contributed by atoms with Gasteiger partial charge < -0.3 is 29.0 Å². The lowest BCUT2D eigenvalue weighted by molar-refractivity contribution is 0.215. The Morgan fingerprint density at radius 3 is 2.22 bits per heavy atom. The molecule has 0 amide bonds. The molecule has 4 rings (SSSR count). The number of hydrogen-bond acceptors (Lipinski definition) is 8. The molecule has 0 aliphatic carbocycles. The topological polar surface area (TPSA) is 61.4 Å². The summed E-state index contributed by atoms with van der Waals surface area (Å²) >= 11 is 1.85. The van der Waals surface area contributed by atoms with E-state index in [0.717, 1.165) is 56.1 Å². The summed E-state index contributed by atoms with van der Waals surface area (Å²) in [5, 5.41) is 5.82. The number of benzene rings is 2. The predicted molar refractivity (Wildman–Crippen MR) is 144 cm³/mol. The number of nitrogens with one attached hydrogen (secondary N) is 1. The minimum absolute atomic E-state index is 0.205. The number of thiophene rings is 1. The molecule has 0 fully saturated rings. The number of rotatable bonds is 12. The van der Waals surface area contributed by atoms with E-state index in [1.807, 2.05) is 29.5 Å². The standard InChI is InChI=1S/C28H36N2O5S/c1-31-22-7-6-20(18-23(22)32-2)27-21-10-15-36-26(21)9-13-30(27)14-12-29-11-8-19-16-24(33-3)28(35-5)25(17-19)34-4/h6-7,10,15-18,27,29H,8-9,11-14H2,1-5H3. The molecule has 1 N–H and O–H groups in total. The van der Waals surface area contributed by atoms with Crippen LogP contribution in [0.25, 0.3) is 0 Å². The van der Waals surface area contributed by atoms with E-state index in [4.69, 9.17) is 23.7 Å². The van der Waals surface area contributed by atoms with Crippen molar-refractivity contribution in [1.82, 2.24) is 10.2 Å². The Morgan fingerprint density at radius 2 is 1.56 bits per heavy atom. The summed E-state index contributed by atoms with van der Waals surface area (Å²) in [6.45, 7) is 3.73. The fourth-order valence-corrected chi connectivity index (χ4v) is 5.79. The Morgan fingerprint density at radius 1 is 0.833 bits per heavy atom. The smallest absolute Gasteiger partial charge is 0.203 e. The van der Waals surface area contributed by atoms with Gasteiger partial charge in [0.25, 0.3) is 0 Å². The van der Waals surface area contributed by atoms with Crippen molar-refractivity contribution in [3.05, 3.63) is 63.3 Å². The third-order valence-electron chi connectivity index (χ3n) is 6.68. The molecule has 0 radical (unpaired) electrons. The van der Waals surface area contributed by atoms with Gasteiger partial charge in [0, 0.05) is 24.5 Å². The summed E-state index contributed by atoms with van der Waals surface area (Å²) in [4.78, 5) is 4.03. The Hall–Kier alpha value is -2.94. The fourth-order valence-electron chi connectivity index (χ4n) is 4.88. The van der Waals surface area contributed by atoms with Gasteiger partial charge in [-0.25, -0.2) is 0 Å². The highest BCUT2D eigenvalue weighted by Gasteiger charge is 2.30. The summed E-state index contributed by atoms with van der Waals surface area (Å²) in [6, 6.07) is 12.8. The van der Waals surface area contributed by atoms with Crippen molar-refractivity contribution >= 4 is 11.3 Å². The number of hydrogen-bond donors (Lipinski definition) is 1. The second-order valence-corrected chi connectivity index (χ2v) is 9.64. The molecule has 36 heavy (non-hydrogen) atoms. The average molecular weight is 513 g/mol. The van der Waals surface area contributed by atoms with Crippen molar-refractivity contribution in [2.75, 3.05) is 61.7 Å².